The molecule has 1 aromatic heterocycles. The number of rotatable bonds is 4. The molecule has 2 saturated heterocycles. The van der Waals surface area contributed by atoms with Crippen molar-refractivity contribution in [2.75, 3.05) is 46.3 Å². The van der Waals surface area contributed by atoms with Crippen LogP contribution in [-0.4, -0.2) is 88.8 Å². The van der Waals surface area contributed by atoms with Crippen molar-refractivity contribution < 1.29 is 4.79 Å². The largest absolute Gasteiger partial charge is 0.339 e. The number of piperidine rings is 1. The number of amides is 1. The first-order valence-electron chi connectivity index (χ1n) is 10.4. The number of carbonyl (C=O) groups is 1. The third-order valence-corrected chi connectivity index (χ3v) is 6.41. The van der Waals surface area contributed by atoms with Crippen LogP contribution in [0.5, 0.6) is 0 Å². The van der Waals surface area contributed by atoms with Gasteiger partial charge in [0.2, 0.25) is 5.91 Å². The van der Waals surface area contributed by atoms with Crippen LogP contribution in [0.15, 0.2) is 24.4 Å². The van der Waals surface area contributed by atoms with E-state index in [0.717, 1.165) is 42.6 Å². The number of hydrogen-bond donors (Lipinski definition) is 1. The van der Waals surface area contributed by atoms with Gasteiger partial charge in [-0.2, -0.15) is 5.10 Å². The van der Waals surface area contributed by atoms with Gasteiger partial charge in [0.05, 0.1) is 17.8 Å². The second-order valence-electron chi connectivity index (χ2n) is 8.37. The number of carbonyl (C=O) groups excluding carboxylic acids is 1. The number of fused-ring (bicyclic) bond motifs is 1. The molecule has 2 fully saturated rings. The molecule has 7 nitrogen and oxygen atoms in total. The zero-order valence-corrected chi connectivity index (χ0v) is 17.0. The first-order valence-corrected chi connectivity index (χ1v) is 10.4. The van der Waals surface area contributed by atoms with Gasteiger partial charge in [-0.3, -0.25) is 14.4 Å². The minimum Gasteiger partial charge on any atom is -0.339 e. The van der Waals surface area contributed by atoms with E-state index in [-0.39, 0.29) is 5.91 Å². The van der Waals surface area contributed by atoms with Gasteiger partial charge in [-0.15, -0.1) is 0 Å². The molecule has 1 unspecified atom stereocenters. The Morgan fingerprint density at radius 3 is 2.57 bits per heavy atom. The van der Waals surface area contributed by atoms with Crippen LogP contribution in [0.1, 0.15) is 18.4 Å². The van der Waals surface area contributed by atoms with Crippen molar-refractivity contribution in [2.45, 2.75) is 31.3 Å². The van der Waals surface area contributed by atoms with Crippen molar-refractivity contribution in [1.82, 2.24) is 24.5 Å². The summed E-state index contributed by atoms with van der Waals surface area (Å²) in [6.45, 7) is 5.87. The monoisotopic (exact) mass is 384 g/mol. The van der Waals surface area contributed by atoms with Crippen LogP contribution in [0.25, 0.3) is 10.9 Å². The molecule has 7 heteroatoms. The molecule has 0 spiro atoms. The Labute approximate surface area is 167 Å². The van der Waals surface area contributed by atoms with Crippen molar-refractivity contribution in [3.05, 3.63) is 30.0 Å². The fourth-order valence-corrected chi connectivity index (χ4v) is 4.58. The summed E-state index contributed by atoms with van der Waals surface area (Å²) < 4.78 is 1.86. The molecule has 0 radical (unpaired) electrons. The van der Waals surface area contributed by atoms with Crippen LogP contribution in [0, 0.1) is 0 Å². The summed E-state index contributed by atoms with van der Waals surface area (Å²) in [5, 5.41) is 5.37. The van der Waals surface area contributed by atoms with Crippen LogP contribution in [0.2, 0.25) is 0 Å². The average Bonchev–Trinajstić information content (AvgIpc) is 3.08. The minimum absolute atomic E-state index is 0.0781. The summed E-state index contributed by atoms with van der Waals surface area (Å²) in [6.07, 6.45) is 4.90. The van der Waals surface area contributed by atoms with Gasteiger partial charge in [-0.1, -0.05) is 6.07 Å². The summed E-state index contributed by atoms with van der Waals surface area (Å²) in [7, 11) is 4.13. The third-order valence-electron chi connectivity index (χ3n) is 6.41. The van der Waals surface area contributed by atoms with Gasteiger partial charge >= 0.3 is 0 Å². The van der Waals surface area contributed by atoms with Crippen LogP contribution in [0.3, 0.4) is 0 Å². The first-order chi connectivity index (χ1) is 13.5. The van der Waals surface area contributed by atoms with Gasteiger partial charge in [0.25, 0.3) is 0 Å². The Kier molecular flexibility index (Phi) is 5.66. The molecule has 0 bridgehead atoms. The number of nitrogens with zero attached hydrogens (tertiary/aromatic N) is 5. The second kappa shape index (κ2) is 8.19. The smallest absolute Gasteiger partial charge is 0.239 e. The van der Waals surface area contributed by atoms with Gasteiger partial charge < -0.3 is 15.5 Å². The molecule has 1 amide bonds. The highest BCUT2D eigenvalue weighted by atomic mass is 16.2. The quantitative estimate of drug-likeness (QED) is 0.840. The molecule has 2 aliphatic rings. The lowest BCUT2D eigenvalue weighted by atomic mass is 10.0. The summed E-state index contributed by atoms with van der Waals surface area (Å²) >= 11 is 0. The molecular weight excluding hydrogens is 352 g/mol. The Morgan fingerprint density at radius 1 is 1.14 bits per heavy atom. The molecule has 0 saturated carbocycles. The van der Waals surface area contributed by atoms with Gasteiger partial charge in [-0.25, -0.2) is 0 Å². The van der Waals surface area contributed by atoms with E-state index in [0.29, 0.717) is 12.5 Å². The molecule has 152 valence electrons. The molecule has 28 heavy (non-hydrogen) atoms. The fourth-order valence-electron chi connectivity index (χ4n) is 4.58. The summed E-state index contributed by atoms with van der Waals surface area (Å²) in [5.41, 5.74) is 8.47. The van der Waals surface area contributed by atoms with Crippen LogP contribution >= 0.6 is 0 Å². The lowest BCUT2D eigenvalue weighted by Crippen LogP contribution is -2.56. The average molecular weight is 385 g/mol. The molecule has 1 aromatic carbocycles. The predicted molar refractivity (Wildman–Crippen MR) is 111 cm³/mol. The van der Waals surface area contributed by atoms with E-state index in [4.69, 9.17) is 5.73 Å². The summed E-state index contributed by atoms with van der Waals surface area (Å²) in [6, 6.07) is 6.38. The Bertz CT molecular complexity index is 817. The number of aryl methyl sites for hydroxylation is 1. The van der Waals surface area contributed by atoms with E-state index in [1.807, 2.05) is 22.8 Å². The van der Waals surface area contributed by atoms with Crippen LogP contribution in [0.4, 0.5) is 0 Å². The molecule has 0 aliphatic carbocycles. The van der Waals surface area contributed by atoms with Crippen molar-refractivity contribution >= 4 is 16.8 Å². The van der Waals surface area contributed by atoms with E-state index < -0.39 is 6.04 Å². The molecule has 1 atom stereocenters. The number of benzene rings is 1. The zero-order chi connectivity index (χ0) is 19.7. The molecule has 2 aromatic rings. The normalized spacial score (nSPS) is 21.3. The second-order valence-corrected chi connectivity index (χ2v) is 8.37. The van der Waals surface area contributed by atoms with Crippen molar-refractivity contribution in [3.63, 3.8) is 0 Å². The van der Waals surface area contributed by atoms with E-state index in [1.54, 1.807) is 0 Å². The summed E-state index contributed by atoms with van der Waals surface area (Å²) in [5.74, 6) is 0.0781. The van der Waals surface area contributed by atoms with Crippen molar-refractivity contribution in [2.24, 2.45) is 12.8 Å². The number of likely N-dealkylation sites (tertiary alicyclic amines) is 1. The molecule has 2 aliphatic heterocycles. The fraction of sp³-hybridized carbons (Fsp3) is 0.619. The number of hydrogen-bond acceptors (Lipinski definition) is 5. The van der Waals surface area contributed by atoms with E-state index in [9.17, 15) is 4.79 Å². The standard InChI is InChI=1S/C21H32N6O/c1-24-7-5-18(6-8-24)26-9-11-27(12-10-26)21(28)19(22)14-16-3-4-20-17(13-16)15-23-25(20)2/h3-4,13,15,18-19H,5-12,14,22H2,1-2H3. The highest BCUT2D eigenvalue weighted by molar-refractivity contribution is 5.83. The van der Waals surface area contributed by atoms with Crippen molar-refractivity contribution in [3.8, 4) is 0 Å². The van der Waals surface area contributed by atoms with Crippen LogP contribution in [-0.2, 0) is 18.3 Å². The maximum Gasteiger partial charge on any atom is 0.239 e. The molecule has 4 rings (SSSR count). The Balaban J connectivity index is 1.30. The van der Waals surface area contributed by atoms with E-state index in [2.05, 4.69) is 40.1 Å². The SMILES string of the molecule is CN1CCC(N2CCN(C(=O)C(N)Cc3ccc4c(cnn4C)c3)CC2)CC1. The van der Waals surface area contributed by atoms with Gasteiger partial charge in [0.15, 0.2) is 0 Å². The van der Waals surface area contributed by atoms with Crippen LogP contribution < -0.4 is 5.73 Å². The Morgan fingerprint density at radius 2 is 1.86 bits per heavy atom. The number of piperazine rings is 1. The highest BCUT2D eigenvalue weighted by Gasteiger charge is 2.29. The predicted octanol–water partition coefficient (Wildman–Crippen LogP) is 0.682. The van der Waals surface area contributed by atoms with Gasteiger partial charge in [0.1, 0.15) is 0 Å². The first kappa shape index (κ1) is 19.4. The van der Waals surface area contributed by atoms with E-state index in [1.165, 1.54) is 25.9 Å². The minimum atomic E-state index is -0.482. The number of aromatic nitrogens is 2. The molecule has 3 heterocycles. The van der Waals surface area contributed by atoms with Crippen molar-refractivity contribution in [1.29, 1.82) is 0 Å². The number of nitrogens with two attached hydrogens (primary N) is 1. The highest BCUT2D eigenvalue weighted by Crippen LogP contribution is 2.19. The van der Waals surface area contributed by atoms with Gasteiger partial charge in [-0.05, 0) is 57.1 Å². The molecule has 2 N–H and O–H groups in total. The third kappa shape index (κ3) is 4.06. The maximum absolute atomic E-state index is 12.9. The zero-order valence-electron chi connectivity index (χ0n) is 17.0. The van der Waals surface area contributed by atoms with Gasteiger partial charge in [0, 0.05) is 44.7 Å². The lowest BCUT2D eigenvalue weighted by Gasteiger charge is -2.42. The van der Waals surface area contributed by atoms with E-state index >= 15 is 0 Å². The topological polar surface area (TPSA) is 70.6 Å². The Hall–Kier alpha value is -1.96. The molecular formula is C21H32N6O. The summed E-state index contributed by atoms with van der Waals surface area (Å²) in [4.78, 5) is 19.8. The maximum atomic E-state index is 12.9. The lowest BCUT2D eigenvalue weighted by molar-refractivity contribution is -0.134.